The zero-order valence-electron chi connectivity index (χ0n) is 22.0. The second-order valence-electron chi connectivity index (χ2n) is 10.9. The van der Waals surface area contributed by atoms with Crippen LogP contribution in [0.1, 0.15) is 88.6 Å². The molecule has 1 aromatic rings. The highest BCUT2D eigenvalue weighted by Gasteiger charge is 2.49. The third kappa shape index (κ3) is 5.61. The molecular formula is C25H47BrO3Si2. The van der Waals surface area contributed by atoms with Crippen molar-refractivity contribution in [3.63, 3.8) is 0 Å². The lowest BCUT2D eigenvalue weighted by Gasteiger charge is -2.44. The molecule has 0 aliphatic rings. The molecule has 0 saturated carbocycles. The maximum absolute atomic E-state index is 10.1. The lowest BCUT2D eigenvalue weighted by molar-refractivity contribution is 0.280. The first-order valence-corrected chi connectivity index (χ1v) is 17.1. The largest absolute Gasteiger partial charge is 0.543 e. The third-order valence-corrected chi connectivity index (χ3v) is 20.1. The summed E-state index contributed by atoms with van der Waals surface area (Å²) >= 11 is 3.74. The van der Waals surface area contributed by atoms with Crippen molar-refractivity contribution >= 4 is 32.6 Å². The fraction of sp³-hybridized carbons (Fsp3) is 0.760. The minimum atomic E-state index is -2.14. The van der Waals surface area contributed by atoms with Gasteiger partial charge in [0.15, 0.2) is 0 Å². The van der Waals surface area contributed by atoms with Gasteiger partial charge < -0.3 is 14.0 Å². The standard InChI is InChI=1S/C25H47BrO3Si2/c1-16(2)30(17(3)4,18(5)6)28-23-13-22(15-27)25(26)24(14-23)29-31(19(7)8,20(9)10)21(11)12/h13-14,16-21,27H,15H2,1-12H3. The Balaban J connectivity index is 3.65. The number of aliphatic hydroxyl groups is 1. The molecule has 0 bridgehead atoms. The van der Waals surface area contributed by atoms with Gasteiger partial charge in [-0.1, -0.05) is 83.1 Å². The Morgan fingerprint density at radius 2 is 1.03 bits per heavy atom. The third-order valence-electron chi connectivity index (χ3n) is 7.25. The predicted molar refractivity (Wildman–Crippen MR) is 143 cm³/mol. The quantitative estimate of drug-likeness (QED) is 0.290. The second kappa shape index (κ2) is 11.2. The Morgan fingerprint density at radius 1 is 0.677 bits per heavy atom. The van der Waals surface area contributed by atoms with Crippen molar-refractivity contribution in [2.45, 2.75) is 123 Å². The fourth-order valence-corrected chi connectivity index (χ4v) is 17.0. The Bertz CT molecular complexity index is 671. The van der Waals surface area contributed by atoms with Crippen molar-refractivity contribution in [1.29, 1.82) is 0 Å². The second-order valence-corrected chi connectivity index (χ2v) is 22.4. The Hall–Kier alpha value is -0.306. The molecule has 180 valence electrons. The first-order valence-electron chi connectivity index (χ1n) is 12.0. The van der Waals surface area contributed by atoms with Crippen LogP contribution in [0.25, 0.3) is 0 Å². The van der Waals surface area contributed by atoms with Crippen molar-refractivity contribution in [2.24, 2.45) is 0 Å². The molecule has 31 heavy (non-hydrogen) atoms. The van der Waals surface area contributed by atoms with Crippen LogP contribution < -0.4 is 8.85 Å². The molecule has 1 rings (SSSR count). The van der Waals surface area contributed by atoms with E-state index < -0.39 is 16.6 Å². The molecule has 0 saturated heterocycles. The molecule has 0 radical (unpaired) electrons. The Morgan fingerprint density at radius 3 is 1.35 bits per heavy atom. The molecule has 0 aromatic heterocycles. The van der Waals surface area contributed by atoms with E-state index >= 15 is 0 Å². The van der Waals surface area contributed by atoms with E-state index in [9.17, 15) is 5.11 Å². The van der Waals surface area contributed by atoms with E-state index in [0.29, 0.717) is 33.2 Å². The van der Waals surface area contributed by atoms with Gasteiger partial charge in [-0.3, -0.25) is 0 Å². The molecule has 0 amide bonds. The summed E-state index contributed by atoms with van der Waals surface area (Å²) in [7, 11) is -4.25. The van der Waals surface area contributed by atoms with Crippen LogP contribution in [0.5, 0.6) is 11.5 Å². The summed E-state index contributed by atoms with van der Waals surface area (Å²) in [5.41, 5.74) is 3.67. The summed E-state index contributed by atoms with van der Waals surface area (Å²) in [4.78, 5) is 0. The zero-order chi connectivity index (χ0) is 24.3. The van der Waals surface area contributed by atoms with Gasteiger partial charge in [0, 0.05) is 6.07 Å². The van der Waals surface area contributed by atoms with Crippen molar-refractivity contribution in [3.05, 3.63) is 22.2 Å². The SMILES string of the molecule is CC(C)[Si](Oc1cc(CO)c(Br)c(O[Si](C(C)C)(C(C)C)C(C)C)c1)(C(C)C)C(C)C. The number of hydrogen-bond donors (Lipinski definition) is 1. The van der Waals surface area contributed by atoms with E-state index in [2.05, 4.69) is 105 Å². The molecule has 0 spiro atoms. The average Bonchev–Trinajstić information content (AvgIpc) is 2.63. The molecule has 0 heterocycles. The van der Waals surface area contributed by atoms with Gasteiger partial charge in [0.1, 0.15) is 11.5 Å². The monoisotopic (exact) mass is 530 g/mol. The first-order chi connectivity index (χ1) is 14.2. The zero-order valence-corrected chi connectivity index (χ0v) is 25.6. The van der Waals surface area contributed by atoms with Crippen molar-refractivity contribution in [1.82, 2.24) is 0 Å². The number of aliphatic hydroxyl groups excluding tert-OH is 1. The molecule has 6 heteroatoms. The van der Waals surface area contributed by atoms with Gasteiger partial charge in [0.25, 0.3) is 16.6 Å². The summed E-state index contributed by atoms with van der Waals surface area (Å²) < 4.78 is 14.8. The van der Waals surface area contributed by atoms with Crippen LogP contribution >= 0.6 is 15.9 Å². The molecule has 1 N–H and O–H groups in total. The van der Waals surface area contributed by atoms with Crippen LogP contribution in [-0.2, 0) is 6.61 Å². The summed E-state index contributed by atoms with van der Waals surface area (Å²) in [6, 6.07) is 4.07. The highest BCUT2D eigenvalue weighted by Crippen LogP contribution is 2.47. The average molecular weight is 532 g/mol. The molecular weight excluding hydrogens is 484 g/mol. The summed E-state index contributed by atoms with van der Waals surface area (Å²) in [6.45, 7) is 27.5. The van der Waals surface area contributed by atoms with Crippen LogP contribution in [-0.4, -0.2) is 21.7 Å². The van der Waals surface area contributed by atoms with Crippen molar-refractivity contribution in [2.75, 3.05) is 0 Å². The van der Waals surface area contributed by atoms with Crippen molar-refractivity contribution < 1.29 is 14.0 Å². The highest BCUT2D eigenvalue weighted by atomic mass is 79.9. The number of halogens is 1. The van der Waals surface area contributed by atoms with Gasteiger partial charge >= 0.3 is 0 Å². The lowest BCUT2D eigenvalue weighted by atomic mass is 10.2. The van der Waals surface area contributed by atoms with E-state index in [4.69, 9.17) is 8.85 Å². The van der Waals surface area contributed by atoms with E-state index in [0.717, 1.165) is 21.5 Å². The van der Waals surface area contributed by atoms with Gasteiger partial charge in [-0.2, -0.15) is 0 Å². The predicted octanol–water partition coefficient (Wildman–Crippen LogP) is 9.05. The molecule has 0 fully saturated rings. The van der Waals surface area contributed by atoms with Gasteiger partial charge in [-0.15, -0.1) is 0 Å². The van der Waals surface area contributed by atoms with E-state index in [1.165, 1.54) is 0 Å². The van der Waals surface area contributed by atoms with E-state index in [-0.39, 0.29) is 6.61 Å². The van der Waals surface area contributed by atoms with Crippen LogP contribution in [0.2, 0.25) is 33.2 Å². The van der Waals surface area contributed by atoms with Gasteiger partial charge in [-0.25, -0.2) is 0 Å². The molecule has 0 unspecified atom stereocenters. The molecule has 1 aromatic carbocycles. The van der Waals surface area contributed by atoms with E-state index in [1.807, 2.05) is 6.07 Å². The van der Waals surface area contributed by atoms with Crippen LogP contribution in [0.3, 0.4) is 0 Å². The minimum Gasteiger partial charge on any atom is -0.543 e. The fourth-order valence-electron chi connectivity index (χ4n) is 5.98. The lowest BCUT2D eigenvalue weighted by Crippen LogP contribution is -2.51. The first kappa shape index (κ1) is 28.7. The summed E-state index contributed by atoms with van der Waals surface area (Å²) in [6.07, 6.45) is 0. The number of rotatable bonds is 11. The topological polar surface area (TPSA) is 38.7 Å². The smallest absolute Gasteiger partial charge is 0.258 e. The number of hydrogen-bond acceptors (Lipinski definition) is 3. The number of benzene rings is 1. The van der Waals surface area contributed by atoms with Crippen LogP contribution in [0.4, 0.5) is 0 Å². The van der Waals surface area contributed by atoms with Crippen LogP contribution in [0.15, 0.2) is 16.6 Å². The van der Waals surface area contributed by atoms with Crippen molar-refractivity contribution in [3.8, 4) is 11.5 Å². The Labute approximate surface area is 202 Å². The van der Waals surface area contributed by atoms with E-state index in [1.54, 1.807) is 0 Å². The van der Waals surface area contributed by atoms with Gasteiger partial charge in [0.05, 0.1) is 11.1 Å². The normalized spacial score (nSPS) is 13.4. The molecule has 0 aliphatic heterocycles. The molecule has 0 atom stereocenters. The summed E-state index contributed by atoms with van der Waals surface area (Å²) in [5.74, 6) is 1.66. The summed E-state index contributed by atoms with van der Waals surface area (Å²) in [5, 5.41) is 10.1. The maximum Gasteiger partial charge on any atom is 0.258 e. The molecule has 0 aliphatic carbocycles. The van der Waals surface area contributed by atoms with Gasteiger partial charge in [-0.05, 0) is 60.8 Å². The minimum absolute atomic E-state index is 0.0483. The molecule has 3 nitrogen and oxygen atoms in total. The highest BCUT2D eigenvalue weighted by molar-refractivity contribution is 9.10. The Kier molecular flexibility index (Phi) is 10.4. The van der Waals surface area contributed by atoms with Gasteiger partial charge in [0.2, 0.25) is 0 Å². The van der Waals surface area contributed by atoms with Crippen LogP contribution in [0, 0.1) is 0 Å². The maximum atomic E-state index is 10.1.